The maximum absolute atomic E-state index is 12.1. The van der Waals surface area contributed by atoms with E-state index in [9.17, 15) is 4.79 Å². The Morgan fingerprint density at radius 3 is 2.90 bits per heavy atom. The van der Waals surface area contributed by atoms with Crippen LogP contribution in [-0.4, -0.2) is 32.3 Å². The first-order valence-corrected chi connectivity index (χ1v) is 7.39. The molecule has 1 amide bonds. The van der Waals surface area contributed by atoms with Gasteiger partial charge in [0.25, 0.3) is 5.91 Å². The quantitative estimate of drug-likeness (QED) is 0.706. The molecule has 4 nitrogen and oxygen atoms in total. The van der Waals surface area contributed by atoms with Crippen LogP contribution >= 0.6 is 0 Å². The Balaban J connectivity index is 1.67. The van der Waals surface area contributed by atoms with Crippen molar-refractivity contribution in [1.82, 2.24) is 5.32 Å². The molecule has 0 bridgehead atoms. The minimum absolute atomic E-state index is 0.0868. The number of carbonyl (C=O) groups excluding carboxylic acids is 1. The summed E-state index contributed by atoms with van der Waals surface area (Å²) in [6.07, 6.45) is 3.46. The van der Waals surface area contributed by atoms with E-state index in [0.29, 0.717) is 31.1 Å². The van der Waals surface area contributed by atoms with Crippen LogP contribution in [0.5, 0.6) is 5.75 Å². The van der Waals surface area contributed by atoms with Crippen molar-refractivity contribution < 1.29 is 14.3 Å². The molecule has 0 heterocycles. The molecule has 0 saturated heterocycles. The van der Waals surface area contributed by atoms with E-state index in [4.69, 9.17) is 9.47 Å². The number of rotatable bonds is 9. The first-order valence-electron chi connectivity index (χ1n) is 7.39. The molecule has 1 N–H and O–H groups in total. The zero-order valence-corrected chi connectivity index (χ0v) is 12.1. The van der Waals surface area contributed by atoms with Crippen molar-refractivity contribution in [3.05, 3.63) is 29.8 Å². The van der Waals surface area contributed by atoms with E-state index in [1.54, 1.807) is 6.07 Å². The van der Waals surface area contributed by atoms with Gasteiger partial charge in [0.05, 0.1) is 12.2 Å². The molecule has 0 spiro atoms. The average molecular weight is 277 g/mol. The number of benzene rings is 1. The van der Waals surface area contributed by atoms with Crippen LogP contribution in [0.15, 0.2) is 24.3 Å². The summed E-state index contributed by atoms with van der Waals surface area (Å²) in [4.78, 5) is 12.1. The molecule has 1 aromatic carbocycles. The van der Waals surface area contributed by atoms with Crippen molar-refractivity contribution in [3.63, 3.8) is 0 Å². The molecule has 4 heteroatoms. The smallest absolute Gasteiger partial charge is 0.255 e. The molecule has 0 aromatic heterocycles. The zero-order valence-electron chi connectivity index (χ0n) is 12.1. The van der Waals surface area contributed by atoms with Crippen molar-refractivity contribution >= 4 is 5.91 Å². The maximum atomic E-state index is 12.1. The van der Waals surface area contributed by atoms with Gasteiger partial charge >= 0.3 is 0 Å². The highest BCUT2D eigenvalue weighted by Crippen LogP contribution is 2.28. The number of ether oxygens (including phenoxy) is 2. The first kappa shape index (κ1) is 14.9. The van der Waals surface area contributed by atoms with Gasteiger partial charge < -0.3 is 14.8 Å². The number of hydrogen-bond donors (Lipinski definition) is 1. The Morgan fingerprint density at radius 1 is 1.35 bits per heavy atom. The van der Waals surface area contributed by atoms with Crippen molar-refractivity contribution in [2.45, 2.75) is 26.2 Å². The monoisotopic (exact) mass is 277 g/mol. The summed E-state index contributed by atoms with van der Waals surface area (Å²) in [5.74, 6) is 1.34. The van der Waals surface area contributed by atoms with Gasteiger partial charge in [-0.05, 0) is 44.2 Å². The lowest BCUT2D eigenvalue weighted by atomic mass is 10.2. The molecule has 1 aromatic rings. The molecule has 1 fully saturated rings. The Bertz CT molecular complexity index is 429. The van der Waals surface area contributed by atoms with Crippen molar-refractivity contribution in [2.75, 3.05) is 26.4 Å². The minimum Gasteiger partial charge on any atom is -0.493 e. The number of carbonyl (C=O) groups is 1. The minimum atomic E-state index is -0.0868. The van der Waals surface area contributed by atoms with Gasteiger partial charge in [0.15, 0.2) is 0 Å². The second-order valence-corrected chi connectivity index (χ2v) is 5.06. The van der Waals surface area contributed by atoms with Gasteiger partial charge in [-0.25, -0.2) is 0 Å². The molecule has 20 heavy (non-hydrogen) atoms. The van der Waals surface area contributed by atoms with Crippen LogP contribution in [0.2, 0.25) is 0 Å². The Labute approximate surface area is 120 Å². The highest BCUT2D eigenvalue weighted by molar-refractivity contribution is 5.96. The fourth-order valence-electron chi connectivity index (χ4n) is 1.94. The van der Waals surface area contributed by atoms with Gasteiger partial charge in [-0.2, -0.15) is 0 Å². The van der Waals surface area contributed by atoms with E-state index >= 15 is 0 Å². The summed E-state index contributed by atoms with van der Waals surface area (Å²) in [5.41, 5.74) is 0.591. The molecular formula is C16H23NO3. The summed E-state index contributed by atoms with van der Waals surface area (Å²) in [6, 6.07) is 7.31. The fourth-order valence-corrected chi connectivity index (χ4v) is 1.94. The second kappa shape index (κ2) is 7.90. The van der Waals surface area contributed by atoms with E-state index in [2.05, 4.69) is 5.32 Å². The van der Waals surface area contributed by atoms with E-state index in [1.807, 2.05) is 25.1 Å². The molecular weight excluding hydrogens is 254 g/mol. The first-order chi connectivity index (χ1) is 9.81. The summed E-state index contributed by atoms with van der Waals surface area (Å²) in [5, 5.41) is 2.90. The maximum Gasteiger partial charge on any atom is 0.255 e. The number of hydrogen-bond acceptors (Lipinski definition) is 3. The van der Waals surface area contributed by atoms with Crippen LogP contribution < -0.4 is 10.1 Å². The van der Waals surface area contributed by atoms with Crippen LogP contribution in [0, 0.1) is 5.92 Å². The largest absolute Gasteiger partial charge is 0.493 e. The van der Waals surface area contributed by atoms with E-state index in [0.717, 1.165) is 18.9 Å². The van der Waals surface area contributed by atoms with Crippen LogP contribution in [0.3, 0.4) is 0 Å². The van der Waals surface area contributed by atoms with Crippen LogP contribution in [0.25, 0.3) is 0 Å². The van der Waals surface area contributed by atoms with Gasteiger partial charge in [0.1, 0.15) is 5.75 Å². The van der Waals surface area contributed by atoms with Crippen molar-refractivity contribution in [2.24, 2.45) is 5.92 Å². The van der Waals surface area contributed by atoms with Crippen LogP contribution in [-0.2, 0) is 4.74 Å². The lowest BCUT2D eigenvalue weighted by Gasteiger charge is -2.10. The summed E-state index contributed by atoms with van der Waals surface area (Å²) >= 11 is 0. The van der Waals surface area contributed by atoms with E-state index in [1.165, 1.54) is 12.8 Å². The lowest BCUT2D eigenvalue weighted by molar-refractivity contribution is 0.0934. The number of para-hydroxylation sites is 1. The van der Waals surface area contributed by atoms with E-state index < -0.39 is 0 Å². The third kappa shape index (κ3) is 4.85. The zero-order chi connectivity index (χ0) is 14.2. The lowest BCUT2D eigenvalue weighted by Crippen LogP contribution is -2.25. The molecule has 0 unspecified atom stereocenters. The fraction of sp³-hybridized carbons (Fsp3) is 0.562. The third-order valence-corrected chi connectivity index (χ3v) is 3.23. The molecule has 0 aliphatic heterocycles. The standard InChI is InChI=1S/C16H23NO3/c1-2-20-15-7-4-3-6-14(15)16(18)17-10-5-11-19-12-13-8-9-13/h3-4,6-7,13H,2,5,8-12H2,1H3,(H,17,18). The van der Waals surface area contributed by atoms with Crippen molar-refractivity contribution in [3.8, 4) is 5.75 Å². The number of amides is 1. The van der Waals surface area contributed by atoms with Gasteiger partial charge in [0.2, 0.25) is 0 Å². The van der Waals surface area contributed by atoms with Crippen LogP contribution in [0.4, 0.5) is 0 Å². The Kier molecular flexibility index (Phi) is 5.87. The van der Waals surface area contributed by atoms with E-state index in [-0.39, 0.29) is 5.91 Å². The van der Waals surface area contributed by atoms with Gasteiger partial charge in [-0.15, -0.1) is 0 Å². The highest BCUT2D eigenvalue weighted by Gasteiger charge is 2.20. The molecule has 1 aliphatic rings. The van der Waals surface area contributed by atoms with Crippen LogP contribution in [0.1, 0.15) is 36.5 Å². The SMILES string of the molecule is CCOc1ccccc1C(=O)NCCCOCC1CC1. The molecule has 1 aliphatic carbocycles. The Morgan fingerprint density at radius 2 is 2.15 bits per heavy atom. The summed E-state index contributed by atoms with van der Waals surface area (Å²) < 4.78 is 11.0. The van der Waals surface area contributed by atoms with Gasteiger partial charge in [-0.3, -0.25) is 4.79 Å². The normalized spacial score (nSPS) is 14.1. The average Bonchev–Trinajstić information content (AvgIpc) is 3.27. The highest BCUT2D eigenvalue weighted by atomic mass is 16.5. The molecule has 110 valence electrons. The van der Waals surface area contributed by atoms with Gasteiger partial charge in [0, 0.05) is 19.8 Å². The summed E-state index contributed by atoms with van der Waals surface area (Å²) in [7, 11) is 0. The van der Waals surface area contributed by atoms with Gasteiger partial charge in [-0.1, -0.05) is 12.1 Å². The predicted octanol–water partition coefficient (Wildman–Crippen LogP) is 2.63. The second-order valence-electron chi connectivity index (χ2n) is 5.06. The van der Waals surface area contributed by atoms with Crippen molar-refractivity contribution in [1.29, 1.82) is 0 Å². The topological polar surface area (TPSA) is 47.6 Å². The number of nitrogens with one attached hydrogen (secondary N) is 1. The predicted molar refractivity (Wildman–Crippen MR) is 78.1 cm³/mol. The molecule has 1 saturated carbocycles. The third-order valence-electron chi connectivity index (χ3n) is 3.23. The molecule has 0 atom stereocenters. The molecule has 0 radical (unpaired) electrons. The molecule has 2 rings (SSSR count). The Hall–Kier alpha value is -1.55. The summed E-state index contributed by atoms with van der Waals surface area (Å²) in [6.45, 7) is 4.68.